The maximum Gasteiger partial charge on any atom is 0.323 e. The summed E-state index contributed by atoms with van der Waals surface area (Å²) in [6, 6.07) is -0.311. The molecule has 0 aliphatic carbocycles. The van der Waals surface area contributed by atoms with Crippen LogP contribution in [0, 0.1) is 0 Å². The van der Waals surface area contributed by atoms with E-state index < -0.39 is 31.1 Å². The number of carboxylic acid groups (broad SMARTS) is 2. The summed E-state index contributed by atoms with van der Waals surface area (Å²) in [5.41, 5.74) is 0. The Morgan fingerprint density at radius 2 is 1.68 bits per heavy atom. The molecule has 19 heavy (non-hydrogen) atoms. The number of nitrogens with zero attached hydrogens (tertiary/aromatic N) is 3. The monoisotopic (exact) mass is 273 g/mol. The van der Waals surface area contributed by atoms with Crippen molar-refractivity contribution >= 4 is 18.0 Å². The van der Waals surface area contributed by atoms with Crippen LogP contribution in [-0.4, -0.2) is 89.2 Å². The molecule has 1 fully saturated rings. The molecule has 0 aromatic heterocycles. The van der Waals surface area contributed by atoms with Gasteiger partial charge in [0.25, 0.3) is 0 Å². The number of carboxylic acids is 2. The van der Waals surface area contributed by atoms with Crippen molar-refractivity contribution in [1.82, 2.24) is 14.7 Å². The van der Waals surface area contributed by atoms with E-state index in [-0.39, 0.29) is 6.04 Å². The summed E-state index contributed by atoms with van der Waals surface area (Å²) in [7, 11) is 3.82. The first-order valence-electron chi connectivity index (χ1n) is 5.95. The third-order valence-corrected chi connectivity index (χ3v) is 3.09. The van der Waals surface area contributed by atoms with Crippen LogP contribution in [0.1, 0.15) is 6.42 Å². The van der Waals surface area contributed by atoms with Crippen LogP contribution in [0.4, 0.5) is 4.79 Å². The second-order valence-corrected chi connectivity index (χ2v) is 4.78. The second-order valence-electron chi connectivity index (χ2n) is 4.78. The molecular formula is C11H19N3O5. The molecule has 0 bridgehead atoms. The van der Waals surface area contributed by atoms with Gasteiger partial charge in [-0.05, 0) is 20.5 Å². The normalized spacial score (nSPS) is 18.7. The van der Waals surface area contributed by atoms with Crippen LogP contribution in [0.2, 0.25) is 0 Å². The maximum absolute atomic E-state index is 12.1. The summed E-state index contributed by atoms with van der Waals surface area (Å²) in [5.74, 6) is -2.45. The predicted octanol–water partition coefficient (Wildman–Crippen LogP) is -0.786. The Morgan fingerprint density at radius 3 is 2.05 bits per heavy atom. The lowest BCUT2D eigenvalue weighted by molar-refractivity contribution is -0.140. The number of amides is 2. The second kappa shape index (κ2) is 6.37. The van der Waals surface area contributed by atoms with Gasteiger partial charge in [0, 0.05) is 19.1 Å². The molecule has 2 amide bonds. The number of carbonyl (C=O) groups is 3. The number of hydrogen-bond donors (Lipinski definition) is 2. The molecule has 0 aromatic carbocycles. The molecule has 2 N–H and O–H groups in total. The molecular weight excluding hydrogens is 254 g/mol. The Labute approximate surface area is 111 Å². The number of aliphatic carboxylic acids is 2. The fourth-order valence-corrected chi connectivity index (χ4v) is 2.05. The van der Waals surface area contributed by atoms with E-state index in [1.54, 1.807) is 0 Å². The van der Waals surface area contributed by atoms with E-state index in [1.807, 2.05) is 19.0 Å². The van der Waals surface area contributed by atoms with Gasteiger partial charge in [0.05, 0.1) is 0 Å². The third-order valence-electron chi connectivity index (χ3n) is 3.09. The zero-order chi connectivity index (χ0) is 14.6. The summed E-state index contributed by atoms with van der Waals surface area (Å²) < 4.78 is 0. The molecule has 1 aliphatic rings. The molecule has 8 heteroatoms. The lowest BCUT2D eigenvalue weighted by atomic mass is 10.2. The minimum absolute atomic E-state index is 0.223. The standard InChI is InChI=1S/C11H19N3O5/c1-12(2)8-3-4-13(5-8)11(19)14(6-9(15)16)7-10(17)18/h8H,3-7H2,1-2H3,(H,15,16)(H,17,18). The zero-order valence-electron chi connectivity index (χ0n) is 11.1. The predicted molar refractivity (Wildman–Crippen MR) is 65.9 cm³/mol. The van der Waals surface area contributed by atoms with Gasteiger partial charge < -0.3 is 24.9 Å². The van der Waals surface area contributed by atoms with Crippen molar-refractivity contribution in [3.63, 3.8) is 0 Å². The maximum atomic E-state index is 12.1. The highest BCUT2D eigenvalue weighted by Crippen LogP contribution is 2.15. The lowest BCUT2D eigenvalue weighted by Crippen LogP contribution is -2.47. The molecule has 1 heterocycles. The van der Waals surface area contributed by atoms with E-state index in [1.165, 1.54) is 4.90 Å². The number of rotatable bonds is 5. The van der Waals surface area contributed by atoms with Crippen molar-refractivity contribution in [3.8, 4) is 0 Å². The quantitative estimate of drug-likeness (QED) is 0.681. The lowest BCUT2D eigenvalue weighted by Gasteiger charge is -2.26. The molecule has 0 spiro atoms. The molecule has 0 saturated carbocycles. The highest BCUT2D eigenvalue weighted by molar-refractivity contribution is 5.84. The fraction of sp³-hybridized carbons (Fsp3) is 0.727. The summed E-state index contributed by atoms with van der Waals surface area (Å²) in [6.45, 7) is -0.207. The highest BCUT2D eigenvalue weighted by atomic mass is 16.4. The Balaban J connectivity index is 2.66. The van der Waals surface area contributed by atoms with Crippen molar-refractivity contribution in [3.05, 3.63) is 0 Å². The third kappa shape index (κ3) is 4.40. The van der Waals surface area contributed by atoms with Crippen LogP contribution in [0.3, 0.4) is 0 Å². The van der Waals surface area contributed by atoms with Crippen LogP contribution in [0.25, 0.3) is 0 Å². The number of likely N-dealkylation sites (N-methyl/N-ethyl adjacent to an activating group) is 1. The summed E-state index contributed by atoms with van der Waals surface area (Å²) in [4.78, 5) is 37.8. The van der Waals surface area contributed by atoms with Gasteiger partial charge in [0.2, 0.25) is 0 Å². The first-order chi connectivity index (χ1) is 8.81. The van der Waals surface area contributed by atoms with Gasteiger partial charge in [-0.3, -0.25) is 9.59 Å². The minimum Gasteiger partial charge on any atom is -0.480 e. The molecule has 1 aliphatic heterocycles. The SMILES string of the molecule is CN(C)C1CCN(C(=O)N(CC(=O)O)CC(=O)O)C1. The molecule has 1 rings (SSSR count). The van der Waals surface area contributed by atoms with E-state index in [9.17, 15) is 14.4 Å². The fourth-order valence-electron chi connectivity index (χ4n) is 2.05. The molecule has 1 unspecified atom stereocenters. The smallest absolute Gasteiger partial charge is 0.323 e. The van der Waals surface area contributed by atoms with E-state index >= 15 is 0 Å². The Morgan fingerprint density at radius 1 is 1.16 bits per heavy atom. The molecule has 0 radical (unpaired) electrons. The van der Waals surface area contributed by atoms with Crippen LogP contribution in [-0.2, 0) is 9.59 Å². The first kappa shape index (κ1) is 15.2. The minimum atomic E-state index is -1.22. The number of urea groups is 1. The Bertz CT molecular complexity index is 355. The van der Waals surface area contributed by atoms with Gasteiger partial charge in [-0.25, -0.2) is 4.79 Å². The van der Waals surface area contributed by atoms with Crippen molar-refractivity contribution < 1.29 is 24.6 Å². The van der Waals surface area contributed by atoms with Crippen LogP contribution >= 0.6 is 0 Å². The van der Waals surface area contributed by atoms with Crippen LogP contribution < -0.4 is 0 Å². The van der Waals surface area contributed by atoms with E-state index in [0.29, 0.717) is 13.1 Å². The average molecular weight is 273 g/mol. The number of carbonyl (C=O) groups excluding carboxylic acids is 1. The number of hydrogen-bond acceptors (Lipinski definition) is 4. The molecule has 1 atom stereocenters. The number of likely N-dealkylation sites (tertiary alicyclic amines) is 1. The van der Waals surface area contributed by atoms with Crippen molar-refractivity contribution in [2.75, 3.05) is 40.3 Å². The summed E-state index contributed by atoms with van der Waals surface area (Å²) >= 11 is 0. The van der Waals surface area contributed by atoms with Crippen LogP contribution in [0.15, 0.2) is 0 Å². The van der Waals surface area contributed by atoms with Gasteiger partial charge in [-0.2, -0.15) is 0 Å². The summed E-state index contributed by atoms with van der Waals surface area (Å²) in [5, 5.41) is 17.4. The topological polar surface area (TPSA) is 101 Å². The Hall–Kier alpha value is -1.83. The Kier molecular flexibility index (Phi) is 5.11. The molecule has 8 nitrogen and oxygen atoms in total. The molecule has 108 valence electrons. The van der Waals surface area contributed by atoms with Gasteiger partial charge >= 0.3 is 18.0 Å². The van der Waals surface area contributed by atoms with Gasteiger partial charge in [0.15, 0.2) is 0 Å². The average Bonchev–Trinajstić information content (AvgIpc) is 2.75. The van der Waals surface area contributed by atoms with E-state index in [2.05, 4.69) is 0 Å². The molecule has 0 aromatic rings. The molecule has 1 saturated heterocycles. The van der Waals surface area contributed by atoms with Crippen LogP contribution in [0.5, 0.6) is 0 Å². The van der Waals surface area contributed by atoms with E-state index in [4.69, 9.17) is 10.2 Å². The van der Waals surface area contributed by atoms with Gasteiger partial charge in [0.1, 0.15) is 13.1 Å². The summed E-state index contributed by atoms with van der Waals surface area (Å²) in [6.07, 6.45) is 0.798. The zero-order valence-corrected chi connectivity index (χ0v) is 11.1. The first-order valence-corrected chi connectivity index (χ1v) is 5.95. The van der Waals surface area contributed by atoms with Gasteiger partial charge in [-0.15, -0.1) is 0 Å². The highest BCUT2D eigenvalue weighted by Gasteiger charge is 2.31. The van der Waals surface area contributed by atoms with Crippen molar-refractivity contribution in [2.24, 2.45) is 0 Å². The van der Waals surface area contributed by atoms with Crippen molar-refractivity contribution in [1.29, 1.82) is 0 Å². The van der Waals surface area contributed by atoms with Gasteiger partial charge in [-0.1, -0.05) is 0 Å². The van der Waals surface area contributed by atoms with E-state index in [0.717, 1.165) is 11.3 Å². The largest absolute Gasteiger partial charge is 0.480 e. The van der Waals surface area contributed by atoms with Crippen molar-refractivity contribution in [2.45, 2.75) is 12.5 Å².